The van der Waals surface area contributed by atoms with Crippen LogP contribution in [0.15, 0.2) is 54.6 Å². The standard InChI is InChI=1S/C22H28N2O2/c1-17(15-18-9-8-12-20(16-18)26-2)23-22(25)21(24-13-6-7-14-24)19-10-4-3-5-11-19/h3-5,8-12,16-17,21H,6-7,13-15H2,1-2H3,(H,23,25). The molecule has 0 bridgehead atoms. The van der Waals surface area contributed by atoms with Crippen molar-refractivity contribution in [2.75, 3.05) is 20.2 Å². The van der Waals surface area contributed by atoms with E-state index in [1.54, 1.807) is 7.11 Å². The van der Waals surface area contributed by atoms with E-state index < -0.39 is 0 Å². The molecule has 0 radical (unpaired) electrons. The first-order valence-corrected chi connectivity index (χ1v) is 9.39. The number of ether oxygens (including phenoxy) is 1. The Kier molecular flexibility index (Phi) is 6.29. The number of carbonyl (C=O) groups excluding carboxylic acids is 1. The predicted octanol–water partition coefficient (Wildman–Crippen LogP) is 3.58. The number of hydrogen-bond acceptors (Lipinski definition) is 3. The molecule has 0 aromatic heterocycles. The molecule has 26 heavy (non-hydrogen) atoms. The fraction of sp³-hybridized carbons (Fsp3) is 0.409. The summed E-state index contributed by atoms with van der Waals surface area (Å²) in [7, 11) is 1.67. The van der Waals surface area contributed by atoms with Crippen molar-refractivity contribution in [2.24, 2.45) is 0 Å². The van der Waals surface area contributed by atoms with Gasteiger partial charge >= 0.3 is 0 Å². The lowest BCUT2D eigenvalue weighted by Crippen LogP contribution is -2.43. The highest BCUT2D eigenvalue weighted by Crippen LogP contribution is 2.25. The number of amides is 1. The second-order valence-corrected chi connectivity index (χ2v) is 7.02. The van der Waals surface area contributed by atoms with Crippen molar-refractivity contribution < 1.29 is 9.53 Å². The van der Waals surface area contributed by atoms with Crippen LogP contribution in [0, 0.1) is 0 Å². The van der Waals surface area contributed by atoms with E-state index in [1.165, 1.54) is 0 Å². The van der Waals surface area contributed by atoms with Gasteiger partial charge in [0, 0.05) is 6.04 Å². The van der Waals surface area contributed by atoms with Gasteiger partial charge in [-0.3, -0.25) is 9.69 Å². The Morgan fingerprint density at radius 2 is 1.85 bits per heavy atom. The van der Waals surface area contributed by atoms with Crippen LogP contribution in [-0.2, 0) is 11.2 Å². The molecule has 4 nitrogen and oxygen atoms in total. The number of methoxy groups -OCH3 is 1. The largest absolute Gasteiger partial charge is 0.497 e. The number of nitrogens with one attached hydrogen (secondary N) is 1. The molecule has 1 saturated heterocycles. The second kappa shape index (κ2) is 8.86. The maximum atomic E-state index is 13.1. The number of hydrogen-bond donors (Lipinski definition) is 1. The molecule has 3 rings (SSSR count). The molecule has 1 amide bonds. The van der Waals surface area contributed by atoms with Gasteiger partial charge in [-0.25, -0.2) is 0 Å². The van der Waals surface area contributed by atoms with Crippen molar-refractivity contribution in [1.29, 1.82) is 0 Å². The molecule has 138 valence electrons. The molecular formula is C22H28N2O2. The summed E-state index contributed by atoms with van der Waals surface area (Å²) in [6.07, 6.45) is 3.11. The van der Waals surface area contributed by atoms with Crippen LogP contribution in [0.1, 0.15) is 36.9 Å². The van der Waals surface area contributed by atoms with Crippen molar-refractivity contribution in [3.05, 3.63) is 65.7 Å². The second-order valence-electron chi connectivity index (χ2n) is 7.02. The van der Waals surface area contributed by atoms with Gasteiger partial charge in [-0.05, 0) is 62.5 Å². The van der Waals surface area contributed by atoms with E-state index in [0.717, 1.165) is 49.2 Å². The Labute approximate surface area is 156 Å². The zero-order valence-corrected chi connectivity index (χ0v) is 15.7. The highest BCUT2D eigenvalue weighted by atomic mass is 16.5. The summed E-state index contributed by atoms with van der Waals surface area (Å²) in [5.41, 5.74) is 2.23. The normalized spacial score (nSPS) is 16.8. The van der Waals surface area contributed by atoms with Gasteiger partial charge < -0.3 is 10.1 Å². The Bertz CT molecular complexity index is 711. The van der Waals surface area contributed by atoms with E-state index >= 15 is 0 Å². The SMILES string of the molecule is COc1cccc(CC(C)NC(=O)C(c2ccccc2)N2CCCC2)c1. The van der Waals surface area contributed by atoms with Crippen LogP contribution in [0.2, 0.25) is 0 Å². The van der Waals surface area contributed by atoms with E-state index in [4.69, 9.17) is 4.74 Å². The summed E-state index contributed by atoms with van der Waals surface area (Å²) in [6.45, 7) is 4.03. The average molecular weight is 352 g/mol. The molecule has 0 saturated carbocycles. The van der Waals surface area contributed by atoms with Crippen molar-refractivity contribution in [3.63, 3.8) is 0 Å². The van der Waals surface area contributed by atoms with Gasteiger partial charge in [-0.15, -0.1) is 0 Å². The number of benzene rings is 2. The summed E-state index contributed by atoms with van der Waals surface area (Å²) in [5.74, 6) is 0.939. The van der Waals surface area contributed by atoms with Crippen molar-refractivity contribution >= 4 is 5.91 Å². The van der Waals surface area contributed by atoms with Gasteiger partial charge in [0.1, 0.15) is 11.8 Å². The summed E-state index contributed by atoms with van der Waals surface area (Å²) in [5, 5.41) is 3.22. The summed E-state index contributed by atoms with van der Waals surface area (Å²) in [6, 6.07) is 18.0. The number of nitrogens with zero attached hydrogens (tertiary/aromatic N) is 1. The lowest BCUT2D eigenvalue weighted by Gasteiger charge is -2.28. The lowest BCUT2D eigenvalue weighted by atomic mass is 10.0. The Morgan fingerprint density at radius 3 is 2.54 bits per heavy atom. The van der Waals surface area contributed by atoms with E-state index in [9.17, 15) is 4.79 Å². The van der Waals surface area contributed by atoms with Gasteiger partial charge in [0.15, 0.2) is 0 Å². The van der Waals surface area contributed by atoms with Gasteiger partial charge in [0.25, 0.3) is 0 Å². The molecule has 0 spiro atoms. The lowest BCUT2D eigenvalue weighted by molar-refractivity contribution is -0.127. The third-order valence-electron chi connectivity index (χ3n) is 4.93. The van der Waals surface area contributed by atoms with Crippen LogP contribution in [-0.4, -0.2) is 37.0 Å². The minimum Gasteiger partial charge on any atom is -0.497 e. The molecule has 4 heteroatoms. The fourth-order valence-corrected chi connectivity index (χ4v) is 3.69. The number of carbonyl (C=O) groups is 1. The molecule has 0 aliphatic carbocycles. The topological polar surface area (TPSA) is 41.6 Å². The molecule has 1 N–H and O–H groups in total. The Balaban J connectivity index is 1.68. The molecule has 1 fully saturated rings. The highest BCUT2D eigenvalue weighted by molar-refractivity contribution is 5.83. The van der Waals surface area contributed by atoms with Crippen LogP contribution in [0.5, 0.6) is 5.75 Å². The van der Waals surface area contributed by atoms with E-state index in [-0.39, 0.29) is 18.0 Å². The molecule has 2 aromatic carbocycles. The number of rotatable bonds is 7. The van der Waals surface area contributed by atoms with Gasteiger partial charge in [-0.1, -0.05) is 42.5 Å². The zero-order valence-electron chi connectivity index (χ0n) is 15.7. The minimum atomic E-state index is -0.202. The molecule has 1 heterocycles. The summed E-state index contributed by atoms with van der Waals surface area (Å²) >= 11 is 0. The highest BCUT2D eigenvalue weighted by Gasteiger charge is 2.30. The zero-order chi connectivity index (χ0) is 18.4. The monoisotopic (exact) mass is 352 g/mol. The average Bonchev–Trinajstić information content (AvgIpc) is 3.17. The van der Waals surface area contributed by atoms with E-state index in [0.29, 0.717) is 0 Å². The van der Waals surface area contributed by atoms with Crippen LogP contribution in [0.4, 0.5) is 0 Å². The molecule has 1 aliphatic rings. The summed E-state index contributed by atoms with van der Waals surface area (Å²) in [4.78, 5) is 15.4. The Hall–Kier alpha value is -2.33. The maximum absolute atomic E-state index is 13.1. The van der Waals surface area contributed by atoms with Crippen molar-refractivity contribution in [2.45, 2.75) is 38.3 Å². The fourth-order valence-electron chi connectivity index (χ4n) is 3.69. The van der Waals surface area contributed by atoms with Crippen LogP contribution < -0.4 is 10.1 Å². The third-order valence-corrected chi connectivity index (χ3v) is 4.93. The predicted molar refractivity (Wildman–Crippen MR) is 104 cm³/mol. The molecule has 2 atom stereocenters. The van der Waals surface area contributed by atoms with Gasteiger partial charge in [0.05, 0.1) is 7.11 Å². The minimum absolute atomic E-state index is 0.0587. The van der Waals surface area contributed by atoms with Gasteiger partial charge in [0.2, 0.25) is 5.91 Å². The molecule has 1 aliphatic heterocycles. The third kappa shape index (κ3) is 4.64. The molecule has 2 aromatic rings. The quantitative estimate of drug-likeness (QED) is 0.828. The van der Waals surface area contributed by atoms with Crippen LogP contribution in [0.25, 0.3) is 0 Å². The van der Waals surface area contributed by atoms with E-state index in [1.807, 2.05) is 36.4 Å². The molecule has 2 unspecified atom stereocenters. The van der Waals surface area contributed by atoms with Crippen molar-refractivity contribution in [1.82, 2.24) is 10.2 Å². The molecular weight excluding hydrogens is 324 g/mol. The first-order valence-electron chi connectivity index (χ1n) is 9.39. The summed E-state index contributed by atoms with van der Waals surface area (Å²) < 4.78 is 5.29. The van der Waals surface area contributed by atoms with E-state index in [2.05, 4.69) is 35.3 Å². The smallest absolute Gasteiger partial charge is 0.242 e. The maximum Gasteiger partial charge on any atom is 0.242 e. The van der Waals surface area contributed by atoms with Crippen LogP contribution >= 0.6 is 0 Å². The Morgan fingerprint density at radius 1 is 1.12 bits per heavy atom. The van der Waals surface area contributed by atoms with Gasteiger partial charge in [-0.2, -0.15) is 0 Å². The van der Waals surface area contributed by atoms with Crippen LogP contribution in [0.3, 0.4) is 0 Å². The number of likely N-dealkylation sites (tertiary alicyclic amines) is 1. The first kappa shape index (κ1) is 18.5. The first-order chi connectivity index (χ1) is 12.7. The van der Waals surface area contributed by atoms with Crippen molar-refractivity contribution in [3.8, 4) is 5.75 Å².